The van der Waals surface area contributed by atoms with Crippen molar-refractivity contribution in [3.8, 4) is 0 Å². The van der Waals surface area contributed by atoms with Gasteiger partial charge in [0.15, 0.2) is 5.11 Å². The van der Waals surface area contributed by atoms with E-state index in [1.807, 2.05) is 23.3 Å². The quantitative estimate of drug-likeness (QED) is 0.488. The van der Waals surface area contributed by atoms with E-state index >= 15 is 0 Å². The number of esters is 1. The molecule has 112 valence electrons. The Morgan fingerprint density at radius 1 is 1.71 bits per heavy atom. The zero-order valence-electron chi connectivity index (χ0n) is 11.7. The predicted octanol–water partition coefficient (Wildman–Crippen LogP) is 3.37. The molecule has 0 aliphatic carbocycles. The molecule has 1 N–H and O–H groups in total. The molecule has 7 heteroatoms. The summed E-state index contributed by atoms with van der Waals surface area (Å²) in [7, 11) is 1.38. The minimum Gasteiger partial charge on any atom is -0.466 e. The van der Waals surface area contributed by atoms with Crippen LogP contribution in [0.4, 0.5) is 0 Å². The van der Waals surface area contributed by atoms with E-state index in [1.54, 1.807) is 17.4 Å². The number of halogens is 1. The highest BCUT2D eigenvalue weighted by Gasteiger charge is 2.34. The molecule has 0 bridgehead atoms. The SMILES string of the molecule is C=CCN1C(=S)N[C@@H](c2cc(Br)cs2)C(C(=O)OC)=C1C. The van der Waals surface area contributed by atoms with Gasteiger partial charge in [-0.05, 0) is 41.1 Å². The van der Waals surface area contributed by atoms with Crippen molar-refractivity contribution in [3.05, 3.63) is 44.7 Å². The first-order chi connectivity index (χ1) is 9.99. The summed E-state index contributed by atoms with van der Waals surface area (Å²) in [5.74, 6) is -0.355. The van der Waals surface area contributed by atoms with E-state index in [-0.39, 0.29) is 12.0 Å². The van der Waals surface area contributed by atoms with E-state index in [0.29, 0.717) is 17.2 Å². The Kier molecular flexibility index (Phi) is 5.18. The summed E-state index contributed by atoms with van der Waals surface area (Å²) >= 11 is 10.4. The third-order valence-electron chi connectivity index (χ3n) is 3.19. The molecule has 0 amide bonds. The van der Waals surface area contributed by atoms with Crippen LogP contribution in [0, 0.1) is 0 Å². The summed E-state index contributed by atoms with van der Waals surface area (Å²) in [6.07, 6.45) is 1.74. The van der Waals surface area contributed by atoms with E-state index in [0.717, 1.165) is 15.0 Å². The Hall–Kier alpha value is -1.18. The number of carbonyl (C=O) groups excluding carboxylic acids is 1. The molecule has 0 saturated heterocycles. The van der Waals surface area contributed by atoms with Crippen molar-refractivity contribution in [1.29, 1.82) is 0 Å². The molecule has 1 aliphatic rings. The lowest BCUT2D eigenvalue weighted by molar-refractivity contribution is -0.136. The minimum atomic E-state index is -0.355. The van der Waals surface area contributed by atoms with Gasteiger partial charge in [0.05, 0.1) is 18.7 Å². The smallest absolute Gasteiger partial charge is 0.338 e. The second-order valence-electron chi connectivity index (χ2n) is 4.44. The number of nitrogens with one attached hydrogen (secondary N) is 1. The number of hydrogen-bond donors (Lipinski definition) is 1. The lowest BCUT2D eigenvalue weighted by Gasteiger charge is -2.36. The summed E-state index contributed by atoms with van der Waals surface area (Å²) in [4.78, 5) is 15.0. The highest BCUT2D eigenvalue weighted by atomic mass is 79.9. The van der Waals surface area contributed by atoms with Gasteiger partial charge in [-0.25, -0.2) is 4.79 Å². The van der Waals surface area contributed by atoms with Crippen molar-refractivity contribution in [3.63, 3.8) is 0 Å². The Morgan fingerprint density at radius 3 is 2.95 bits per heavy atom. The second-order valence-corrected chi connectivity index (χ2v) is 6.68. The van der Waals surface area contributed by atoms with Gasteiger partial charge in [-0.3, -0.25) is 0 Å². The van der Waals surface area contributed by atoms with Crippen molar-refractivity contribution in [2.75, 3.05) is 13.7 Å². The molecular formula is C14H15BrN2O2S2. The number of ether oxygens (including phenoxy) is 1. The number of hydrogen-bond acceptors (Lipinski definition) is 4. The van der Waals surface area contributed by atoms with Gasteiger partial charge in [-0.1, -0.05) is 6.08 Å². The van der Waals surface area contributed by atoms with Gasteiger partial charge < -0.3 is 15.0 Å². The van der Waals surface area contributed by atoms with Gasteiger partial charge in [-0.2, -0.15) is 0 Å². The summed E-state index contributed by atoms with van der Waals surface area (Å²) in [5, 5.41) is 5.77. The van der Waals surface area contributed by atoms with Gasteiger partial charge in [0.2, 0.25) is 0 Å². The van der Waals surface area contributed by atoms with Crippen molar-refractivity contribution < 1.29 is 9.53 Å². The molecule has 0 saturated carbocycles. The van der Waals surface area contributed by atoms with Crippen LogP contribution < -0.4 is 5.32 Å². The summed E-state index contributed by atoms with van der Waals surface area (Å²) in [5.41, 5.74) is 1.36. The van der Waals surface area contributed by atoms with Crippen LogP contribution in [0.5, 0.6) is 0 Å². The van der Waals surface area contributed by atoms with E-state index in [9.17, 15) is 4.79 Å². The number of nitrogens with zero attached hydrogens (tertiary/aromatic N) is 1. The number of allylic oxidation sites excluding steroid dienone is 1. The average Bonchev–Trinajstić information content (AvgIpc) is 2.88. The molecule has 1 aliphatic heterocycles. The number of methoxy groups -OCH3 is 1. The molecule has 0 radical (unpaired) electrons. The molecule has 0 aromatic carbocycles. The van der Waals surface area contributed by atoms with Crippen molar-refractivity contribution in [2.24, 2.45) is 0 Å². The summed E-state index contributed by atoms with van der Waals surface area (Å²) < 4.78 is 5.92. The Balaban J connectivity index is 2.51. The van der Waals surface area contributed by atoms with E-state index in [1.165, 1.54) is 7.11 Å². The van der Waals surface area contributed by atoms with Crippen molar-refractivity contribution in [1.82, 2.24) is 10.2 Å². The molecular weight excluding hydrogens is 372 g/mol. The Morgan fingerprint density at radius 2 is 2.43 bits per heavy atom. The lowest BCUT2D eigenvalue weighted by Crippen LogP contribution is -2.47. The van der Waals surface area contributed by atoms with Crippen molar-refractivity contribution >= 4 is 50.6 Å². The molecule has 0 spiro atoms. The Bertz CT molecular complexity index is 624. The molecule has 0 fully saturated rings. The standard InChI is InChI=1S/C14H15BrN2O2S2/c1-4-5-17-8(2)11(13(18)19-3)12(16-14(17)20)10-6-9(15)7-21-10/h4,6-7,12H,1,5H2,2-3H3,(H,16,20)/t12-/m0/s1. The highest BCUT2D eigenvalue weighted by Crippen LogP contribution is 2.35. The fraction of sp³-hybridized carbons (Fsp3) is 0.286. The van der Waals surface area contributed by atoms with Crippen LogP contribution in [0.1, 0.15) is 17.8 Å². The fourth-order valence-corrected chi connectivity index (χ4v) is 4.03. The number of rotatable bonds is 4. The number of thiocarbonyl (C=S) groups is 1. The summed E-state index contributed by atoms with van der Waals surface area (Å²) in [6.45, 7) is 6.14. The fourth-order valence-electron chi connectivity index (χ4n) is 2.20. The zero-order chi connectivity index (χ0) is 15.6. The van der Waals surface area contributed by atoms with Gasteiger partial charge in [0.1, 0.15) is 0 Å². The van der Waals surface area contributed by atoms with Crippen LogP contribution in [-0.4, -0.2) is 29.6 Å². The first-order valence-corrected chi connectivity index (χ1v) is 8.29. The van der Waals surface area contributed by atoms with Gasteiger partial charge >= 0.3 is 5.97 Å². The monoisotopic (exact) mass is 386 g/mol. The van der Waals surface area contributed by atoms with Gasteiger partial charge in [0, 0.05) is 27.0 Å². The molecule has 2 heterocycles. The lowest BCUT2D eigenvalue weighted by atomic mass is 10.0. The first-order valence-electron chi connectivity index (χ1n) is 6.21. The molecule has 0 unspecified atom stereocenters. The van der Waals surface area contributed by atoms with Crippen LogP contribution in [0.3, 0.4) is 0 Å². The van der Waals surface area contributed by atoms with Gasteiger partial charge in [0.25, 0.3) is 0 Å². The van der Waals surface area contributed by atoms with Crippen LogP contribution in [0.15, 0.2) is 39.8 Å². The van der Waals surface area contributed by atoms with Crippen LogP contribution >= 0.6 is 39.5 Å². The highest BCUT2D eigenvalue weighted by molar-refractivity contribution is 9.10. The Labute approximate surface area is 141 Å². The molecule has 1 aromatic heterocycles. The molecule has 21 heavy (non-hydrogen) atoms. The van der Waals surface area contributed by atoms with Crippen LogP contribution in [-0.2, 0) is 9.53 Å². The maximum atomic E-state index is 12.2. The molecule has 1 atom stereocenters. The third kappa shape index (κ3) is 3.20. The van der Waals surface area contributed by atoms with E-state index in [4.69, 9.17) is 17.0 Å². The van der Waals surface area contributed by atoms with E-state index < -0.39 is 0 Å². The van der Waals surface area contributed by atoms with E-state index in [2.05, 4.69) is 27.8 Å². The number of carbonyl (C=O) groups is 1. The third-order valence-corrected chi connectivity index (χ3v) is 5.28. The van der Waals surface area contributed by atoms with Crippen molar-refractivity contribution in [2.45, 2.75) is 13.0 Å². The normalized spacial score (nSPS) is 18.5. The largest absolute Gasteiger partial charge is 0.466 e. The van der Waals surface area contributed by atoms with Gasteiger partial charge in [-0.15, -0.1) is 17.9 Å². The predicted molar refractivity (Wildman–Crippen MR) is 92.1 cm³/mol. The minimum absolute atomic E-state index is 0.290. The van der Waals surface area contributed by atoms with Crippen LogP contribution in [0.2, 0.25) is 0 Å². The molecule has 1 aromatic rings. The molecule has 2 rings (SSSR count). The van der Waals surface area contributed by atoms with Crippen LogP contribution in [0.25, 0.3) is 0 Å². The summed E-state index contributed by atoms with van der Waals surface area (Å²) in [6, 6.07) is 1.69. The topological polar surface area (TPSA) is 41.6 Å². The zero-order valence-corrected chi connectivity index (χ0v) is 14.9. The second kappa shape index (κ2) is 6.72. The maximum Gasteiger partial charge on any atom is 0.338 e. The number of thiophene rings is 1. The maximum absolute atomic E-state index is 12.2. The average molecular weight is 387 g/mol. The molecule has 4 nitrogen and oxygen atoms in total. The first kappa shape index (κ1) is 16.2.